The molecule has 2 aromatic carbocycles. The lowest BCUT2D eigenvalue weighted by molar-refractivity contribution is 0.288. The summed E-state index contributed by atoms with van der Waals surface area (Å²) in [4.78, 5) is 9.02. The molecule has 0 fully saturated rings. The lowest BCUT2D eigenvalue weighted by atomic mass is 9.95. The summed E-state index contributed by atoms with van der Waals surface area (Å²) in [6.07, 6.45) is 1.40. The van der Waals surface area contributed by atoms with Crippen molar-refractivity contribution in [3.05, 3.63) is 76.7 Å². The number of hydrogen-bond donors (Lipinski definition) is 2. The fraction of sp³-hybridized carbons (Fsp3) is 0.214. The van der Waals surface area contributed by atoms with Gasteiger partial charge in [-0.05, 0) is 55.2 Å². The van der Waals surface area contributed by atoms with Gasteiger partial charge in [0.25, 0.3) is 0 Å². The first-order chi connectivity index (χ1) is 18.0. The number of benzene rings is 2. The zero-order valence-electron chi connectivity index (χ0n) is 20.5. The quantitative estimate of drug-likeness (QED) is 0.288. The molecule has 0 saturated carbocycles. The summed E-state index contributed by atoms with van der Waals surface area (Å²) in [5, 5.41) is 29.3. The van der Waals surface area contributed by atoms with Gasteiger partial charge in [0.2, 0.25) is 5.89 Å². The largest absolute Gasteiger partial charge is 0.497 e. The Labute approximate surface area is 219 Å². The molecule has 9 heteroatoms. The van der Waals surface area contributed by atoms with Crippen molar-refractivity contribution in [1.82, 2.24) is 9.97 Å². The molecule has 0 aliphatic rings. The molecule has 4 aromatic rings. The van der Waals surface area contributed by atoms with Gasteiger partial charge in [-0.1, -0.05) is 36.0 Å². The van der Waals surface area contributed by atoms with Gasteiger partial charge in [0.1, 0.15) is 40.1 Å². The van der Waals surface area contributed by atoms with Crippen LogP contribution in [0.3, 0.4) is 0 Å². The van der Waals surface area contributed by atoms with Crippen LogP contribution in [0.5, 0.6) is 5.75 Å². The molecule has 186 valence electrons. The van der Waals surface area contributed by atoms with E-state index in [0.29, 0.717) is 40.0 Å². The summed E-state index contributed by atoms with van der Waals surface area (Å²) in [6.45, 7) is 1.96. The maximum Gasteiger partial charge on any atom is 0.226 e. The number of methoxy groups -OCH3 is 1. The number of hydrogen-bond acceptors (Lipinski definition) is 9. The standard InChI is InChI=1S/C28H25N5O3S/c1-17-24(32-27(36-17)20-9-11-21(35-2)12-10-20)16-37-28-23(15-30)25(22(14-29)26(31)33-28)19-7-5-18(6-8-19)4-3-13-34/h5-12,34H,3-4,13,16H2,1-2H3,(H2,31,33). The number of nitrogen functional groups attached to an aromatic ring is 1. The first-order valence-corrected chi connectivity index (χ1v) is 12.5. The van der Waals surface area contributed by atoms with E-state index >= 15 is 0 Å². The molecule has 0 atom stereocenters. The summed E-state index contributed by atoms with van der Waals surface area (Å²) in [7, 11) is 1.61. The van der Waals surface area contributed by atoms with Crippen LogP contribution in [0.2, 0.25) is 0 Å². The summed E-state index contributed by atoms with van der Waals surface area (Å²) in [6, 6.07) is 19.3. The van der Waals surface area contributed by atoms with Crippen molar-refractivity contribution in [2.24, 2.45) is 0 Å². The number of aromatic nitrogens is 2. The SMILES string of the molecule is COc1ccc(-c2nc(CSc3nc(N)c(C#N)c(-c4ccc(CCCO)cc4)c3C#N)c(C)o2)cc1. The van der Waals surface area contributed by atoms with Crippen molar-refractivity contribution < 1.29 is 14.3 Å². The molecule has 0 radical (unpaired) electrons. The minimum absolute atomic E-state index is 0.0687. The van der Waals surface area contributed by atoms with E-state index in [1.807, 2.05) is 55.5 Å². The highest BCUT2D eigenvalue weighted by Crippen LogP contribution is 2.37. The van der Waals surface area contributed by atoms with Crippen LogP contribution in [0.4, 0.5) is 5.82 Å². The van der Waals surface area contributed by atoms with Crippen LogP contribution in [-0.2, 0) is 12.2 Å². The van der Waals surface area contributed by atoms with Gasteiger partial charge in [-0.15, -0.1) is 0 Å². The third kappa shape index (κ3) is 5.59. The van der Waals surface area contributed by atoms with Crippen molar-refractivity contribution >= 4 is 17.6 Å². The Balaban J connectivity index is 1.64. The Morgan fingerprint density at radius 3 is 2.30 bits per heavy atom. The van der Waals surface area contributed by atoms with Crippen molar-refractivity contribution in [1.29, 1.82) is 10.5 Å². The van der Waals surface area contributed by atoms with E-state index in [0.717, 1.165) is 29.0 Å². The molecule has 0 spiro atoms. The van der Waals surface area contributed by atoms with Crippen LogP contribution in [0.1, 0.15) is 34.6 Å². The number of ether oxygens (including phenoxy) is 1. The van der Waals surface area contributed by atoms with E-state index in [-0.39, 0.29) is 23.6 Å². The summed E-state index contributed by atoms with van der Waals surface area (Å²) < 4.78 is 11.1. The number of nitrogens with zero attached hydrogens (tertiary/aromatic N) is 4. The lowest BCUT2D eigenvalue weighted by Gasteiger charge is -2.13. The smallest absolute Gasteiger partial charge is 0.226 e. The van der Waals surface area contributed by atoms with Crippen molar-refractivity contribution in [3.63, 3.8) is 0 Å². The number of aliphatic hydroxyl groups excluding tert-OH is 1. The third-order valence-electron chi connectivity index (χ3n) is 5.86. The second-order valence-electron chi connectivity index (χ2n) is 8.21. The number of oxazole rings is 1. The maximum atomic E-state index is 10.1. The highest BCUT2D eigenvalue weighted by Gasteiger charge is 2.21. The first-order valence-electron chi connectivity index (χ1n) is 11.6. The van der Waals surface area contributed by atoms with Gasteiger partial charge in [-0.3, -0.25) is 0 Å². The molecule has 3 N–H and O–H groups in total. The van der Waals surface area contributed by atoms with Gasteiger partial charge in [0.05, 0.1) is 18.4 Å². The average molecular weight is 512 g/mol. The molecule has 2 aromatic heterocycles. The zero-order valence-corrected chi connectivity index (χ0v) is 21.3. The van der Waals surface area contributed by atoms with E-state index in [2.05, 4.69) is 22.1 Å². The third-order valence-corrected chi connectivity index (χ3v) is 6.84. The molecule has 0 amide bonds. The molecule has 0 unspecified atom stereocenters. The van der Waals surface area contributed by atoms with Gasteiger partial charge >= 0.3 is 0 Å². The zero-order chi connectivity index (χ0) is 26.4. The Kier molecular flexibility index (Phi) is 8.09. The van der Waals surface area contributed by atoms with Crippen LogP contribution < -0.4 is 10.5 Å². The van der Waals surface area contributed by atoms with Gasteiger partial charge in [0, 0.05) is 23.5 Å². The van der Waals surface area contributed by atoms with Gasteiger partial charge in [0.15, 0.2) is 0 Å². The lowest BCUT2D eigenvalue weighted by Crippen LogP contribution is -2.03. The number of aliphatic hydroxyl groups is 1. The van der Waals surface area contributed by atoms with Crippen molar-refractivity contribution in [2.75, 3.05) is 19.5 Å². The van der Waals surface area contributed by atoms with Gasteiger partial charge < -0.3 is 20.0 Å². The number of nitriles is 2. The monoisotopic (exact) mass is 511 g/mol. The van der Waals surface area contributed by atoms with Crippen molar-refractivity contribution in [2.45, 2.75) is 30.5 Å². The molecular formula is C28H25N5O3S. The Morgan fingerprint density at radius 2 is 1.68 bits per heavy atom. The fourth-order valence-corrected chi connectivity index (χ4v) is 4.86. The number of pyridine rings is 1. The predicted octanol–water partition coefficient (Wildman–Crippen LogP) is 5.26. The molecule has 2 heterocycles. The molecule has 0 saturated heterocycles. The van der Waals surface area contributed by atoms with Crippen LogP contribution in [-0.4, -0.2) is 28.8 Å². The van der Waals surface area contributed by atoms with Crippen LogP contribution in [0.25, 0.3) is 22.6 Å². The second kappa shape index (κ2) is 11.6. The minimum Gasteiger partial charge on any atom is -0.497 e. The number of thioether (sulfide) groups is 1. The number of aryl methyl sites for hydroxylation is 2. The average Bonchev–Trinajstić information content (AvgIpc) is 3.30. The normalized spacial score (nSPS) is 10.6. The second-order valence-corrected chi connectivity index (χ2v) is 9.18. The van der Waals surface area contributed by atoms with Crippen LogP contribution >= 0.6 is 11.8 Å². The number of nitrogens with two attached hydrogens (primary N) is 1. The van der Waals surface area contributed by atoms with Crippen molar-refractivity contribution in [3.8, 4) is 40.5 Å². The predicted molar refractivity (Wildman–Crippen MR) is 142 cm³/mol. The van der Waals surface area contributed by atoms with E-state index in [1.54, 1.807) is 7.11 Å². The molecule has 4 rings (SSSR count). The fourth-order valence-electron chi connectivity index (χ4n) is 3.87. The van der Waals surface area contributed by atoms with Crippen LogP contribution in [0, 0.1) is 29.6 Å². The highest BCUT2D eigenvalue weighted by atomic mass is 32.2. The Hall–Kier alpha value is -4.31. The summed E-state index contributed by atoms with van der Waals surface area (Å²) in [5.41, 5.74) is 10.4. The molecule has 37 heavy (non-hydrogen) atoms. The first kappa shape index (κ1) is 25.8. The van der Waals surface area contributed by atoms with Gasteiger partial charge in [-0.2, -0.15) is 10.5 Å². The summed E-state index contributed by atoms with van der Waals surface area (Å²) >= 11 is 1.32. The van der Waals surface area contributed by atoms with E-state index < -0.39 is 0 Å². The van der Waals surface area contributed by atoms with Crippen LogP contribution in [0.15, 0.2) is 58.0 Å². The van der Waals surface area contributed by atoms with E-state index in [9.17, 15) is 10.5 Å². The van der Waals surface area contributed by atoms with E-state index in [1.165, 1.54) is 11.8 Å². The maximum absolute atomic E-state index is 10.1. The number of anilines is 1. The Bertz CT molecular complexity index is 1480. The molecular weight excluding hydrogens is 486 g/mol. The van der Waals surface area contributed by atoms with E-state index in [4.69, 9.17) is 20.0 Å². The molecule has 0 bridgehead atoms. The molecule has 8 nitrogen and oxygen atoms in total. The minimum atomic E-state index is 0.0687. The molecule has 0 aliphatic heterocycles. The topological polar surface area (TPSA) is 142 Å². The molecule has 0 aliphatic carbocycles. The van der Waals surface area contributed by atoms with Gasteiger partial charge in [-0.25, -0.2) is 9.97 Å². The number of rotatable bonds is 9. The Morgan fingerprint density at radius 1 is 1.00 bits per heavy atom. The highest BCUT2D eigenvalue weighted by molar-refractivity contribution is 7.98. The summed E-state index contributed by atoms with van der Waals surface area (Å²) in [5.74, 6) is 2.37.